The van der Waals surface area contributed by atoms with Gasteiger partial charge in [0.05, 0.1) is 6.20 Å². The number of aromatic nitrogens is 2. The molecule has 0 saturated heterocycles. The lowest BCUT2D eigenvalue weighted by Crippen LogP contribution is -2.52. The molecule has 8 heteroatoms. The first-order valence-corrected chi connectivity index (χ1v) is 9.33. The van der Waals surface area contributed by atoms with Crippen molar-refractivity contribution in [2.24, 2.45) is 5.92 Å². The zero-order valence-corrected chi connectivity index (χ0v) is 16.2. The highest BCUT2D eigenvalue weighted by atomic mass is 16.6. The Hall–Kier alpha value is -2.51. The van der Waals surface area contributed by atoms with Crippen molar-refractivity contribution in [3.8, 4) is 0 Å². The monoisotopic (exact) mass is 376 g/mol. The number of amides is 2. The predicted octanol–water partition coefficient (Wildman–Crippen LogP) is 1.61. The summed E-state index contributed by atoms with van der Waals surface area (Å²) in [6.07, 6.45) is 9.11. The number of nitrogens with zero attached hydrogens (tertiary/aromatic N) is 2. The second-order valence-corrected chi connectivity index (χ2v) is 7.74. The number of rotatable bonds is 6. The Labute approximate surface area is 159 Å². The van der Waals surface area contributed by atoms with Crippen molar-refractivity contribution in [3.05, 3.63) is 24.3 Å². The van der Waals surface area contributed by atoms with Crippen molar-refractivity contribution in [1.29, 1.82) is 0 Å². The third kappa shape index (κ3) is 6.96. The molecule has 0 aliphatic heterocycles. The molecule has 1 fully saturated rings. The number of ether oxygens (including phenoxy) is 1. The van der Waals surface area contributed by atoms with Crippen LogP contribution in [0.2, 0.25) is 0 Å². The van der Waals surface area contributed by atoms with Crippen LogP contribution < -0.4 is 10.6 Å². The van der Waals surface area contributed by atoms with Gasteiger partial charge in [-0.3, -0.25) is 19.4 Å². The van der Waals surface area contributed by atoms with Crippen LogP contribution >= 0.6 is 0 Å². The number of carbonyl (C=O) groups excluding carboxylic acids is 3. The highest BCUT2D eigenvalue weighted by molar-refractivity contribution is 5.96. The van der Waals surface area contributed by atoms with Crippen molar-refractivity contribution in [1.82, 2.24) is 20.6 Å². The predicted molar refractivity (Wildman–Crippen MR) is 98.7 cm³/mol. The molecule has 1 atom stereocenters. The summed E-state index contributed by atoms with van der Waals surface area (Å²) in [5.41, 5.74) is -0.469. The highest BCUT2D eigenvalue weighted by Crippen LogP contribution is 2.26. The van der Waals surface area contributed by atoms with Crippen molar-refractivity contribution >= 4 is 17.8 Å². The molecule has 148 valence electrons. The lowest BCUT2D eigenvalue weighted by molar-refractivity contribution is -0.154. The minimum atomic E-state index is -0.720. The number of hydrogen-bond acceptors (Lipinski definition) is 6. The summed E-state index contributed by atoms with van der Waals surface area (Å²) in [5, 5.41) is 5.36. The molecule has 1 aliphatic carbocycles. The Morgan fingerprint density at radius 3 is 2.48 bits per heavy atom. The molecule has 0 aromatic carbocycles. The second-order valence-electron chi connectivity index (χ2n) is 7.74. The lowest BCUT2D eigenvalue weighted by Gasteiger charge is -2.30. The van der Waals surface area contributed by atoms with Gasteiger partial charge in [-0.15, -0.1) is 0 Å². The minimum Gasteiger partial charge on any atom is -0.459 e. The van der Waals surface area contributed by atoms with Crippen LogP contribution in [0.1, 0.15) is 63.4 Å². The molecular weight excluding hydrogens is 348 g/mol. The van der Waals surface area contributed by atoms with Crippen LogP contribution in [-0.2, 0) is 14.3 Å². The molecular formula is C19H28N4O4. The normalized spacial score (nSPS) is 16.3. The van der Waals surface area contributed by atoms with Gasteiger partial charge in [-0.2, -0.15) is 0 Å². The molecule has 0 radical (unpaired) electrons. The summed E-state index contributed by atoms with van der Waals surface area (Å²) in [7, 11) is 0. The van der Waals surface area contributed by atoms with Gasteiger partial charge in [-0.25, -0.2) is 4.98 Å². The fourth-order valence-corrected chi connectivity index (χ4v) is 3.14. The van der Waals surface area contributed by atoms with Gasteiger partial charge in [-0.05, 0) is 39.5 Å². The van der Waals surface area contributed by atoms with Crippen molar-refractivity contribution in [3.63, 3.8) is 0 Å². The zero-order chi connectivity index (χ0) is 19.9. The summed E-state index contributed by atoms with van der Waals surface area (Å²) < 4.78 is 5.20. The molecule has 1 aromatic heterocycles. The van der Waals surface area contributed by atoms with Gasteiger partial charge in [0.15, 0.2) is 0 Å². The summed E-state index contributed by atoms with van der Waals surface area (Å²) in [6, 6.07) is -0.720. The van der Waals surface area contributed by atoms with Crippen molar-refractivity contribution in [2.75, 3.05) is 6.54 Å². The molecule has 0 unspecified atom stereocenters. The number of nitrogens with one attached hydrogen (secondary N) is 2. The lowest BCUT2D eigenvalue weighted by atomic mass is 9.83. The van der Waals surface area contributed by atoms with E-state index in [1.54, 1.807) is 20.8 Å². The van der Waals surface area contributed by atoms with Gasteiger partial charge >= 0.3 is 5.97 Å². The molecule has 2 amide bonds. The van der Waals surface area contributed by atoms with E-state index >= 15 is 0 Å². The smallest absolute Gasteiger partial charge is 0.325 e. The molecule has 1 heterocycles. The molecule has 27 heavy (non-hydrogen) atoms. The maximum absolute atomic E-state index is 12.7. The quantitative estimate of drug-likeness (QED) is 0.730. The molecule has 1 saturated carbocycles. The van der Waals surface area contributed by atoms with Gasteiger partial charge < -0.3 is 15.4 Å². The highest BCUT2D eigenvalue weighted by Gasteiger charge is 2.32. The van der Waals surface area contributed by atoms with Crippen molar-refractivity contribution in [2.45, 2.75) is 64.5 Å². The van der Waals surface area contributed by atoms with Crippen LogP contribution in [0.5, 0.6) is 0 Å². The summed E-state index contributed by atoms with van der Waals surface area (Å²) in [5.74, 6) is -1.33. The Kier molecular flexibility index (Phi) is 7.27. The van der Waals surface area contributed by atoms with E-state index in [9.17, 15) is 14.4 Å². The molecule has 1 aromatic rings. The van der Waals surface area contributed by atoms with E-state index in [1.807, 2.05) is 0 Å². The molecule has 8 nitrogen and oxygen atoms in total. The van der Waals surface area contributed by atoms with Gasteiger partial charge in [0.25, 0.3) is 5.91 Å². The van der Waals surface area contributed by atoms with Crippen LogP contribution in [0.25, 0.3) is 0 Å². The topological polar surface area (TPSA) is 110 Å². The van der Waals surface area contributed by atoms with Crippen molar-refractivity contribution < 1.29 is 19.1 Å². The molecule has 0 bridgehead atoms. The maximum atomic E-state index is 12.7. The van der Waals surface area contributed by atoms with E-state index in [0.717, 1.165) is 32.1 Å². The Bertz CT molecular complexity index is 651. The number of carbonyl (C=O) groups is 3. The van der Waals surface area contributed by atoms with Crippen LogP contribution in [0, 0.1) is 5.92 Å². The van der Waals surface area contributed by atoms with E-state index in [2.05, 4.69) is 20.6 Å². The largest absolute Gasteiger partial charge is 0.459 e. The average Bonchev–Trinajstić information content (AvgIpc) is 2.64. The molecule has 2 N–H and O–H groups in total. The van der Waals surface area contributed by atoms with E-state index in [4.69, 9.17) is 4.74 Å². The van der Waals surface area contributed by atoms with Gasteiger partial charge in [0.1, 0.15) is 23.9 Å². The first-order valence-electron chi connectivity index (χ1n) is 9.33. The van der Waals surface area contributed by atoms with E-state index < -0.39 is 23.5 Å². The van der Waals surface area contributed by atoms with E-state index in [-0.39, 0.29) is 24.1 Å². The standard InChI is InChI=1S/C19H28N4O4/c1-19(2,3)27-15(24)12-22-18(26)16(13-7-5-4-6-8-13)23-17(25)14-11-20-9-10-21-14/h9-11,13,16H,4-8,12H2,1-3H3,(H,22,26)(H,23,25)/t16-/m0/s1. The number of hydrogen-bond donors (Lipinski definition) is 2. The average molecular weight is 376 g/mol. The fourth-order valence-electron chi connectivity index (χ4n) is 3.14. The third-order valence-corrected chi connectivity index (χ3v) is 4.31. The third-order valence-electron chi connectivity index (χ3n) is 4.31. The summed E-state index contributed by atoms with van der Waals surface area (Å²) in [6.45, 7) is 5.05. The van der Waals surface area contributed by atoms with Gasteiger partial charge in [0, 0.05) is 12.4 Å². The molecule has 0 spiro atoms. The molecule has 1 aliphatic rings. The maximum Gasteiger partial charge on any atom is 0.325 e. The number of esters is 1. The Morgan fingerprint density at radius 1 is 1.19 bits per heavy atom. The van der Waals surface area contributed by atoms with E-state index in [1.165, 1.54) is 18.6 Å². The van der Waals surface area contributed by atoms with Gasteiger partial charge in [-0.1, -0.05) is 19.3 Å². The second kappa shape index (κ2) is 9.43. The van der Waals surface area contributed by atoms with Crippen LogP contribution in [0.4, 0.5) is 0 Å². The van der Waals surface area contributed by atoms with Crippen LogP contribution in [0.15, 0.2) is 18.6 Å². The first-order chi connectivity index (χ1) is 12.8. The Balaban J connectivity index is 2.01. The zero-order valence-electron chi connectivity index (χ0n) is 16.2. The molecule has 2 rings (SSSR count). The van der Waals surface area contributed by atoms with E-state index in [0.29, 0.717) is 0 Å². The van der Waals surface area contributed by atoms with Crippen LogP contribution in [-0.4, -0.2) is 45.9 Å². The minimum absolute atomic E-state index is 0.0259. The summed E-state index contributed by atoms with van der Waals surface area (Å²) in [4.78, 5) is 44.9. The first kappa shape index (κ1) is 20.8. The summed E-state index contributed by atoms with van der Waals surface area (Å²) >= 11 is 0. The Morgan fingerprint density at radius 2 is 1.89 bits per heavy atom. The van der Waals surface area contributed by atoms with Gasteiger partial charge in [0.2, 0.25) is 5.91 Å². The van der Waals surface area contributed by atoms with Crippen LogP contribution in [0.3, 0.4) is 0 Å². The SMILES string of the molecule is CC(C)(C)OC(=O)CNC(=O)[C@@H](NC(=O)c1cnccn1)C1CCCCC1. The fraction of sp³-hybridized carbons (Fsp3) is 0.632.